The topological polar surface area (TPSA) is 56.8 Å². The van der Waals surface area contributed by atoms with E-state index in [1.165, 1.54) is 12.1 Å². The zero-order valence-electron chi connectivity index (χ0n) is 18.8. The van der Waals surface area contributed by atoms with Crippen LogP contribution in [0.4, 0.5) is 15.9 Å². The van der Waals surface area contributed by atoms with Crippen molar-refractivity contribution in [2.75, 3.05) is 42.5 Å². The first kappa shape index (κ1) is 22.1. The van der Waals surface area contributed by atoms with Crippen molar-refractivity contribution >= 4 is 32.4 Å². The number of anilines is 2. The fourth-order valence-corrected chi connectivity index (χ4v) is 6.57. The van der Waals surface area contributed by atoms with Gasteiger partial charge in [-0.05, 0) is 74.4 Å². The number of pyridine rings is 1. The second kappa shape index (κ2) is 8.91. The standard InChI is InChI=1S/C25H29FN4O2S/c1-19-4-2-3-13-30(19)33(31,32)23-10-11-24-20(18-23)5-12-25(27-24)29-16-14-28(15-17-29)22-8-6-21(26)7-9-22/h5-12,18-19H,2-4,13-17H2,1H3/t19-/m0/s1. The molecule has 1 atom stereocenters. The quantitative estimate of drug-likeness (QED) is 0.573. The molecule has 2 aliphatic rings. The Morgan fingerprint density at radius 3 is 2.33 bits per heavy atom. The molecule has 8 heteroatoms. The summed E-state index contributed by atoms with van der Waals surface area (Å²) >= 11 is 0. The first-order valence-electron chi connectivity index (χ1n) is 11.6. The smallest absolute Gasteiger partial charge is 0.243 e. The molecule has 0 bridgehead atoms. The van der Waals surface area contributed by atoms with Crippen molar-refractivity contribution < 1.29 is 12.8 Å². The van der Waals surface area contributed by atoms with E-state index in [4.69, 9.17) is 4.98 Å². The predicted molar refractivity (Wildman–Crippen MR) is 130 cm³/mol. The molecule has 3 heterocycles. The number of sulfonamides is 1. The molecule has 2 aromatic carbocycles. The Balaban J connectivity index is 1.32. The summed E-state index contributed by atoms with van der Waals surface area (Å²) in [6.45, 7) is 5.86. The van der Waals surface area contributed by atoms with Gasteiger partial charge in [0.1, 0.15) is 11.6 Å². The third-order valence-corrected chi connectivity index (χ3v) is 8.80. The van der Waals surface area contributed by atoms with Gasteiger partial charge in [0.05, 0.1) is 10.4 Å². The highest BCUT2D eigenvalue weighted by Crippen LogP contribution is 2.28. The molecule has 0 unspecified atom stereocenters. The van der Waals surface area contributed by atoms with E-state index < -0.39 is 10.0 Å². The third-order valence-electron chi connectivity index (χ3n) is 6.79. The molecule has 0 aliphatic carbocycles. The number of rotatable bonds is 4. The molecule has 0 saturated carbocycles. The average molecular weight is 469 g/mol. The van der Waals surface area contributed by atoms with E-state index in [2.05, 4.69) is 9.80 Å². The minimum absolute atomic E-state index is 0.0357. The molecule has 5 rings (SSSR count). The van der Waals surface area contributed by atoms with Crippen LogP contribution in [0.2, 0.25) is 0 Å². The lowest BCUT2D eigenvalue weighted by Gasteiger charge is -2.36. The van der Waals surface area contributed by atoms with Gasteiger partial charge < -0.3 is 9.80 Å². The van der Waals surface area contributed by atoms with E-state index in [0.717, 1.165) is 67.8 Å². The lowest BCUT2D eigenvalue weighted by molar-refractivity contribution is 0.268. The Labute approximate surface area is 194 Å². The minimum atomic E-state index is -3.50. The van der Waals surface area contributed by atoms with Crippen LogP contribution in [0.15, 0.2) is 59.5 Å². The molecule has 6 nitrogen and oxygen atoms in total. The second-order valence-electron chi connectivity index (χ2n) is 8.94. The molecule has 174 valence electrons. The van der Waals surface area contributed by atoms with Crippen LogP contribution in [0.25, 0.3) is 10.9 Å². The number of benzene rings is 2. The third kappa shape index (κ3) is 4.42. The normalized spacial score (nSPS) is 20.4. The summed E-state index contributed by atoms with van der Waals surface area (Å²) in [5.41, 5.74) is 1.82. The number of nitrogens with zero attached hydrogens (tertiary/aromatic N) is 4. The monoisotopic (exact) mass is 468 g/mol. The Morgan fingerprint density at radius 1 is 0.879 bits per heavy atom. The van der Waals surface area contributed by atoms with Crippen LogP contribution in [0.3, 0.4) is 0 Å². The summed E-state index contributed by atoms with van der Waals surface area (Å²) in [7, 11) is -3.50. The summed E-state index contributed by atoms with van der Waals surface area (Å²) in [5, 5.41) is 0.828. The molecular formula is C25H29FN4O2S. The number of aromatic nitrogens is 1. The fourth-order valence-electron chi connectivity index (χ4n) is 4.84. The summed E-state index contributed by atoms with van der Waals surface area (Å²) in [6, 6.07) is 15.8. The molecule has 33 heavy (non-hydrogen) atoms. The molecule has 2 fully saturated rings. The van der Waals surface area contributed by atoms with Crippen LogP contribution in [0.5, 0.6) is 0 Å². The number of halogens is 1. The Kier molecular flexibility index (Phi) is 5.97. The van der Waals surface area contributed by atoms with Crippen molar-refractivity contribution in [3.63, 3.8) is 0 Å². The van der Waals surface area contributed by atoms with Gasteiger partial charge in [0.25, 0.3) is 0 Å². The molecule has 0 radical (unpaired) electrons. The molecule has 3 aromatic rings. The molecule has 2 aliphatic heterocycles. The van der Waals surface area contributed by atoms with E-state index in [-0.39, 0.29) is 11.9 Å². The predicted octanol–water partition coefficient (Wildman–Crippen LogP) is 4.26. The molecule has 1 aromatic heterocycles. The maximum Gasteiger partial charge on any atom is 0.243 e. The summed E-state index contributed by atoms with van der Waals surface area (Å²) in [5.74, 6) is 0.667. The Hall–Kier alpha value is -2.71. The van der Waals surface area contributed by atoms with Crippen LogP contribution in [0.1, 0.15) is 26.2 Å². The van der Waals surface area contributed by atoms with Gasteiger partial charge in [-0.25, -0.2) is 17.8 Å². The van der Waals surface area contributed by atoms with Gasteiger partial charge in [0, 0.05) is 49.8 Å². The van der Waals surface area contributed by atoms with Crippen molar-refractivity contribution in [3.05, 3.63) is 60.4 Å². The van der Waals surface area contributed by atoms with Gasteiger partial charge in [-0.1, -0.05) is 6.42 Å². The summed E-state index contributed by atoms with van der Waals surface area (Å²) in [6.07, 6.45) is 2.90. The number of hydrogen-bond acceptors (Lipinski definition) is 5. The van der Waals surface area contributed by atoms with Gasteiger partial charge in [-0.2, -0.15) is 4.31 Å². The minimum Gasteiger partial charge on any atom is -0.368 e. The molecule has 2 saturated heterocycles. The Bertz CT molecular complexity index is 1240. The van der Waals surface area contributed by atoms with Crippen molar-refractivity contribution in [1.82, 2.24) is 9.29 Å². The van der Waals surface area contributed by atoms with E-state index in [1.807, 2.05) is 37.3 Å². The zero-order valence-corrected chi connectivity index (χ0v) is 19.6. The average Bonchev–Trinajstić information content (AvgIpc) is 2.84. The highest BCUT2D eigenvalue weighted by Gasteiger charge is 2.31. The summed E-state index contributed by atoms with van der Waals surface area (Å²) < 4.78 is 41.2. The van der Waals surface area contributed by atoms with Gasteiger partial charge in [0.15, 0.2) is 0 Å². The number of piperazine rings is 1. The van der Waals surface area contributed by atoms with Crippen LogP contribution < -0.4 is 9.80 Å². The number of hydrogen-bond donors (Lipinski definition) is 0. The van der Waals surface area contributed by atoms with Crippen LogP contribution in [0, 0.1) is 5.82 Å². The first-order chi connectivity index (χ1) is 15.9. The largest absolute Gasteiger partial charge is 0.368 e. The van der Waals surface area contributed by atoms with Crippen molar-refractivity contribution in [3.8, 4) is 0 Å². The van der Waals surface area contributed by atoms with Crippen LogP contribution in [-0.2, 0) is 10.0 Å². The van der Waals surface area contributed by atoms with Crippen molar-refractivity contribution in [2.45, 2.75) is 37.1 Å². The summed E-state index contributed by atoms with van der Waals surface area (Å²) in [4.78, 5) is 9.63. The zero-order chi connectivity index (χ0) is 23.0. The van der Waals surface area contributed by atoms with Crippen molar-refractivity contribution in [1.29, 1.82) is 0 Å². The molecule has 0 amide bonds. The van der Waals surface area contributed by atoms with E-state index in [1.54, 1.807) is 16.4 Å². The van der Waals surface area contributed by atoms with Gasteiger partial charge in [0.2, 0.25) is 10.0 Å². The van der Waals surface area contributed by atoms with E-state index >= 15 is 0 Å². The lowest BCUT2D eigenvalue weighted by atomic mass is 10.1. The maximum atomic E-state index is 13.2. The second-order valence-corrected chi connectivity index (χ2v) is 10.8. The van der Waals surface area contributed by atoms with Crippen molar-refractivity contribution in [2.24, 2.45) is 0 Å². The van der Waals surface area contributed by atoms with Crippen LogP contribution >= 0.6 is 0 Å². The lowest BCUT2D eigenvalue weighted by Crippen LogP contribution is -2.46. The van der Waals surface area contributed by atoms with Gasteiger partial charge in [-0.3, -0.25) is 0 Å². The van der Waals surface area contributed by atoms with E-state index in [9.17, 15) is 12.8 Å². The SMILES string of the molecule is C[C@H]1CCCCN1S(=O)(=O)c1ccc2nc(N3CCN(c4ccc(F)cc4)CC3)ccc2c1. The maximum absolute atomic E-state index is 13.2. The molecule has 0 spiro atoms. The number of piperidine rings is 1. The highest BCUT2D eigenvalue weighted by atomic mass is 32.2. The Morgan fingerprint density at radius 2 is 1.61 bits per heavy atom. The van der Waals surface area contributed by atoms with Gasteiger partial charge >= 0.3 is 0 Å². The first-order valence-corrected chi connectivity index (χ1v) is 13.0. The molecule has 0 N–H and O–H groups in total. The fraction of sp³-hybridized carbons (Fsp3) is 0.400. The van der Waals surface area contributed by atoms with E-state index in [0.29, 0.717) is 11.4 Å². The molecular weight excluding hydrogens is 439 g/mol. The number of fused-ring (bicyclic) bond motifs is 1. The highest BCUT2D eigenvalue weighted by molar-refractivity contribution is 7.89. The van der Waals surface area contributed by atoms with Crippen LogP contribution in [-0.4, -0.2) is 56.5 Å². The van der Waals surface area contributed by atoms with Gasteiger partial charge in [-0.15, -0.1) is 0 Å².